The molecule has 166 valence electrons. The number of hydrogen-bond donors (Lipinski definition) is 0. The van der Waals surface area contributed by atoms with Crippen LogP contribution < -0.4 is 0 Å². The van der Waals surface area contributed by atoms with Crippen molar-refractivity contribution in [2.45, 2.75) is 32.0 Å². The molecule has 33 heavy (non-hydrogen) atoms. The van der Waals surface area contributed by atoms with Crippen LogP contribution in [0, 0.1) is 0 Å². The predicted molar refractivity (Wildman–Crippen MR) is 134 cm³/mol. The average Bonchev–Trinajstić information content (AvgIpc) is 2.89. The number of benzene rings is 3. The molecule has 6 rings (SSSR count). The Kier molecular flexibility index (Phi) is 6.29. The van der Waals surface area contributed by atoms with Crippen LogP contribution in [0.4, 0.5) is 0 Å². The highest BCUT2D eigenvalue weighted by Gasteiger charge is 2.19. The Bertz CT molecular complexity index is 1340. The fraction of sp³-hybridized carbons (Fsp3) is 0.241. The maximum absolute atomic E-state index is 5.56. The molecule has 0 N–H and O–H groups in total. The zero-order valence-corrected chi connectivity index (χ0v) is 19.1. The molecular formula is C29H28N2O2. The van der Waals surface area contributed by atoms with Crippen molar-refractivity contribution in [3.8, 4) is 0 Å². The van der Waals surface area contributed by atoms with Crippen LogP contribution in [-0.4, -0.2) is 24.2 Å². The van der Waals surface area contributed by atoms with Crippen molar-refractivity contribution in [1.82, 2.24) is 9.97 Å². The Hall–Kier alpha value is -3.34. The molecule has 0 spiro atoms. The van der Waals surface area contributed by atoms with Crippen LogP contribution in [-0.2, 0) is 22.3 Å². The van der Waals surface area contributed by atoms with Gasteiger partial charge in [0.25, 0.3) is 0 Å². The van der Waals surface area contributed by atoms with Crippen LogP contribution in [0.1, 0.15) is 35.8 Å². The molecule has 5 aromatic rings. The van der Waals surface area contributed by atoms with Crippen LogP contribution >= 0.6 is 0 Å². The number of aryl methyl sites for hydroxylation is 2. The highest BCUT2D eigenvalue weighted by molar-refractivity contribution is 6.10. The van der Waals surface area contributed by atoms with Gasteiger partial charge in [-0.2, -0.15) is 0 Å². The van der Waals surface area contributed by atoms with E-state index in [2.05, 4.69) is 52.4 Å². The van der Waals surface area contributed by atoms with E-state index in [4.69, 9.17) is 9.47 Å². The lowest BCUT2D eigenvalue weighted by atomic mass is 9.85. The molecule has 1 aliphatic carbocycles. The van der Waals surface area contributed by atoms with E-state index < -0.39 is 0 Å². The average molecular weight is 437 g/mol. The monoisotopic (exact) mass is 436 g/mol. The molecule has 0 amide bonds. The lowest BCUT2D eigenvalue weighted by Gasteiger charge is -2.22. The summed E-state index contributed by atoms with van der Waals surface area (Å²) in [6, 6.07) is 23.3. The van der Waals surface area contributed by atoms with Crippen molar-refractivity contribution < 1.29 is 9.47 Å². The van der Waals surface area contributed by atoms with Gasteiger partial charge in [-0.25, -0.2) is 9.97 Å². The third-order valence-corrected chi connectivity index (χ3v) is 6.46. The zero-order valence-electron chi connectivity index (χ0n) is 19.1. The summed E-state index contributed by atoms with van der Waals surface area (Å²) in [5.74, 6) is 0. The first-order chi connectivity index (χ1) is 16.3. The molecule has 4 nitrogen and oxygen atoms in total. The van der Waals surface area contributed by atoms with E-state index in [1.54, 1.807) is 26.6 Å². The lowest BCUT2D eigenvalue weighted by molar-refractivity contribution is -0.105. The number of methoxy groups -OCH3 is 2. The summed E-state index contributed by atoms with van der Waals surface area (Å²) in [6.45, 7) is 0. The van der Waals surface area contributed by atoms with Crippen LogP contribution in [0.25, 0.3) is 32.6 Å². The van der Waals surface area contributed by atoms with Gasteiger partial charge in [0.1, 0.15) is 0 Å². The number of nitrogens with zero attached hydrogens (tertiary/aromatic N) is 2. The van der Waals surface area contributed by atoms with Gasteiger partial charge in [0.15, 0.2) is 11.9 Å². The van der Waals surface area contributed by atoms with E-state index in [1.165, 1.54) is 58.4 Å². The van der Waals surface area contributed by atoms with E-state index in [0.717, 1.165) is 16.6 Å². The number of pyridine rings is 2. The minimum atomic E-state index is -0.330. The highest BCUT2D eigenvalue weighted by Crippen LogP contribution is 2.37. The van der Waals surface area contributed by atoms with Crippen LogP contribution in [0.15, 0.2) is 79.1 Å². The summed E-state index contributed by atoms with van der Waals surface area (Å²) < 4.78 is 11.1. The second-order valence-corrected chi connectivity index (χ2v) is 8.37. The molecule has 0 unspecified atom stereocenters. The second kappa shape index (κ2) is 9.65. The summed E-state index contributed by atoms with van der Waals surface area (Å²) in [7, 11) is 3.40. The van der Waals surface area contributed by atoms with Gasteiger partial charge in [-0.3, -0.25) is 0 Å². The Labute approximate surface area is 194 Å². The zero-order chi connectivity index (χ0) is 22.6. The summed E-state index contributed by atoms with van der Waals surface area (Å²) >= 11 is 0. The Balaban J connectivity index is 0.000000190. The van der Waals surface area contributed by atoms with E-state index in [1.807, 2.05) is 24.3 Å². The van der Waals surface area contributed by atoms with E-state index >= 15 is 0 Å². The maximum Gasteiger partial charge on any atom is 0.183 e. The van der Waals surface area contributed by atoms with Crippen molar-refractivity contribution in [2.24, 2.45) is 0 Å². The molecule has 0 bridgehead atoms. The number of rotatable bonds is 3. The van der Waals surface area contributed by atoms with Gasteiger partial charge in [0, 0.05) is 37.6 Å². The van der Waals surface area contributed by atoms with E-state index in [0.29, 0.717) is 0 Å². The molecule has 4 heteroatoms. The first-order valence-corrected chi connectivity index (χ1v) is 11.5. The number of fused-ring (bicyclic) bond motifs is 6. The first kappa shape index (κ1) is 21.5. The first-order valence-electron chi connectivity index (χ1n) is 11.5. The quantitative estimate of drug-likeness (QED) is 0.231. The molecule has 0 radical (unpaired) electrons. The third-order valence-electron chi connectivity index (χ3n) is 6.46. The molecule has 0 atom stereocenters. The Morgan fingerprint density at radius 2 is 1.36 bits per heavy atom. The SMILES string of the molecule is COC(OC)c1cc2c3c(ccc2c2ccccc12)CCCC3.c1cnc2ncccc2c1. The van der Waals surface area contributed by atoms with Crippen molar-refractivity contribution in [3.05, 3.63) is 95.8 Å². The second-order valence-electron chi connectivity index (χ2n) is 8.37. The fourth-order valence-corrected chi connectivity index (χ4v) is 4.91. The summed E-state index contributed by atoms with van der Waals surface area (Å²) in [5, 5.41) is 6.30. The third kappa shape index (κ3) is 4.20. The Morgan fingerprint density at radius 3 is 2.06 bits per heavy atom. The number of aromatic nitrogens is 2. The fourth-order valence-electron chi connectivity index (χ4n) is 4.91. The van der Waals surface area contributed by atoms with E-state index in [-0.39, 0.29) is 6.29 Å². The molecule has 0 aliphatic heterocycles. The number of ether oxygens (including phenoxy) is 2. The summed E-state index contributed by atoms with van der Waals surface area (Å²) in [5.41, 5.74) is 4.96. The molecular weight excluding hydrogens is 408 g/mol. The van der Waals surface area contributed by atoms with Crippen molar-refractivity contribution in [1.29, 1.82) is 0 Å². The molecule has 0 fully saturated rings. The van der Waals surface area contributed by atoms with Gasteiger partial charge in [-0.15, -0.1) is 0 Å². The summed E-state index contributed by atoms with van der Waals surface area (Å²) in [6.07, 6.45) is 8.12. The molecule has 0 saturated heterocycles. The smallest absolute Gasteiger partial charge is 0.183 e. The highest BCUT2D eigenvalue weighted by atomic mass is 16.7. The Morgan fingerprint density at radius 1 is 0.697 bits per heavy atom. The van der Waals surface area contributed by atoms with Gasteiger partial charge in [-0.05, 0) is 88.7 Å². The van der Waals surface area contributed by atoms with Gasteiger partial charge >= 0.3 is 0 Å². The summed E-state index contributed by atoms with van der Waals surface area (Å²) in [4.78, 5) is 8.14. The van der Waals surface area contributed by atoms with Crippen molar-refractivity contribution in [2.75, 3.05) is 14.2 Å². The minimum absolute atomic E-state index is 0.330. The molecule has 2 aromatic heterocycles. The minimum Gasteiger partial charge on any atom is -0.352 e. The van der Waals surface area contributed by atoms with E-state index in [9.17, 15) is 0 Å². The van der Waals surface area contributed by atoms with Crippen LogP contribution in [0.2, 0.25) is 0 Å². The molecule has 1 aliphatic rings. The van der Waals surface area contributed by atoms with Crippen molar-refractivity contribution in [3.63, 3.8) is 0 Å². The topological polar surface area (TPSA) is 44.2 Å². The maximum atomic E-state index is 5.56. The lowest BCUT2D eigenvalue weighted by Crippen LogP contribution is -2.07. The molecule has 3 aromatic carbocycles. The van der Waals surface area contributed by atoms with Crippen LogP contribution in [0.5, 0.6) is 0 Å². The van der Waals surface area contributed by atoms with Gasteiger partial charge in [0.05, 0.1) is 0 Å². The predicted octanol–water partition coefficient (Wildman–Crippen LogP) is 6.79. The molecule has 0 saturated carbocycles. The number of hydrogen-bond acceptors (Lipinski definition) is 4. The van der Waals surface area contributed by atoms with Gasteiger partial charge < -0.3 is 9.47 Å². The van der Waals surface area contributed by atoms with Gasteiger partial charge in [0.2, 0.25) is 0 Å². The van der Waals surface area contributed by atoms with Crippen LogP contribution in [0.3, 0.4) is 0 Å². The largest absolute Gasteiger partial charge is 0.352 e. The van der Waals surface area contributed by atoms with Gasteiger partial charge in [-0.1, -0.05) is 36.4 Å². The van der Waals surface area contributed by atoms with Crippen molar-refractivity contribution >= 4 is 32.6 Å². The molecule has 2 heterocycles. The standard InChI is InChI=1S/C21H22O2.C8H6N2/c1-22-21(23-2)20-13-19-15-8-4-3-7-14(15)11-12-18(19)16-9-5-6-10-17(16)20;1-3-7-4-2-6-10-8(7)9-5-1/h5-6,9-13,21H,3-4,7-8H2,1-2H3;1-6H. The normalized spacial score (nSPS) is 13.2.